The molecule has 3 nitrogen and oxygen atoms in total. The summed E-state index contributed by atoms with van der Waals surface area (Å²) in [5, 5.41) is 8.21. The lowest BCUT2D eigenvalue weighted by atomic mass is 10.2. The van der Waals surface area contributed by atoms with Crippen LogP contribution < -0.4 is 0 Å². The van der Waals surface area contributed by atoms with Gasteiger partial charge < -0.3 is 5.11 Å². The summed E-state index contributed by atoms with van der Waals surface area (Å²) < 4.78 is 36.9. The minimum absolute atomic E-state index is 0.413. The van der Waals surface area contributed by atoms with Gasteiger partial charge in [-0.2, -0.15) is 8.78 Å². The Labute approximate surface area is 64.5 Å². The lowest BCUT2D eigenvalue weighted by molar-refractivity contribution is 0.0689. The van der Waals surface area contributed by atoms with Crippen LogP contribution in [-0.2, 0) is 0 Å². The first-order valence-corrected chi connectivity index (χ1v) is 2.77. The molecule has 1 rings (SSSR count). The summed E-state index contributed by atoms with van der Waals surface area (Å²) in [4.78, 5) is 12.8. The fraction of sp³-hybridized carbons (Fsp3) is 0. The molecule has 0 spiro atoms. The highest BCUT2D eigenvalue weighted by Gasteiger charge is 2.18. The van der Waals surface area contributed by atoms with E-state index < -0.39 is 29.1 Å². The molecule has 0 aliphatic heterocycles. The Morgan fingerprint density at radius 3 is 2.42 bits per heavy atom. The molecule has 0 aromatic carbocycles. The molecule has 0 saturated carbocycles. The fourth-order valence-corrected chi connectivity index (χ4v) is 0.592. The van der Waals surface area contributed by atoms with Gasteiger partial charge in [-0.3, -0.25) is 0 Å². The van der Waals surface area contributed by atoms with Crippen LogP contribution in [0.1, 0.15) is 10.4 Å². The highest BCUT2D eigenvalue weighted by Crippen LogP contribution is 2.12. The van der Waals surface area contributed by atoms with Crippen LogP contribution in [0.5, 0.6) is 0 Å². The molecule has 1 aromatic heterocycles. The smallest absolute Gasteiger partial charge is 0.340 e. The highest BCUT2D eigenvalue weighted by molar-refractivity contribution is 5.87. The van der Waals surface area contributed by atoms with Crippen molar-refractivity contribution in [1.29, 1.82) is 0 Å². The molecule has 64 valence electrons. The normalized spacial score (nSPS) is 9.92. The van der Waals surface area contributed by atoms with Crippen molar-refractivity contribution in [3.63, 3.8) is 0 Å². The van der Waals surface area contributed by atoms with E-state index in [9.17, 15) is 18.0 Å². The number of rotatable bonds is 1. The van der Waals surface area contributed by atoms with Crippen molar-refractivity contribution >= 4 is 5.97 Å². The standard InChI is InChI=1S/C6H2F3NO2/c7-3-2(6(11)12)1-10-5(9)4(3)8/h1H,(H,11,12). The maximum absolute atomic E-state index is 12.5. The number of halogens is 3. The quantitative estimate of drug-likeness (QED) is 0.655. The first-order valence-electron chi connectivity index (χ1n) is 2.77. The van der Waals surface area contributed by atoms with E-state index in [1.54, 1.807) is 0 Å². The third kappa shape index (κ3) is 1.23. The number of hydrogen-bond acceptors (Lipinski definition) is 2. The number of aromatic nitrogens is 1. The molecule has 0 atom stereocenters. The van der Waals surface area contributed by atoms with Gasteiger partial charge in [0.05, 0.1) is 0 Å². The van der Waals surface area contributed by atoms with Gasteiger partial charge >= 0.3 is 5.97 Å². The average Bonchev–Trinajstić information content (AvgIpc) is 2.00. The summed E-state index contributed by atoms with van der Waals surface area (Å²) in [6, 6.07) is 0. The summed E-state index contributed by atoms with van der Waals surface area (Å²) in [6.07, 6.45) is 0.413. The van der Waals surface area contributed by atoms with Crippen molar-refractivity contribution in [2.24, 2.45) is 0 Å². The van der Waals surface area contributed by atoms with Crippen LogP contribution in [0, 0.1) is 17.6 Å². The van der Waals surface area contributed by atoms with Crippen LogP contribution >= 0.6 is 0 Å². The molecule has 0 aliphatic carbocycles. The Morgan fingerprint density at radius 2 is 1.92 bits per heavy atom. The molecular weight excluding hydrogens is 175 g/mol. The number of pyridine rings is 1. The summed E-state index contributed by atoms with van der Waals surface area (Å²) >= 11 is 0. The van der Waals surface area contributed by atoms with Gasteiger partial charge in [-0.1, -0.05) is 0 Å². The SMILES string of the molecule is O=C(O)c1cnc(F)c(F)c1F. The molecular formula is C6H2F3NO2. The molecule has 0 fully saturated rings. The van der Waals surface area contributed by atoms with Gasteiger partial charge in [-0.15, -0.1) is 0 Å². The lowest BCUT2D eigenvalue weighted by Gasteiger charge is -1.97. The largest absolute Gasteiger partial charge is 0.478 e. The van der Waals surface area contributed by atoms with Gasteiger partial charge in [0.25, 0.3) is 5.95 Å². The monoisotopic (exact) mass is 177 g/mol. The molecule has 0 amide bonds. The van der Waals surface area contributed by atoms with Gasteiger partial charge in [0.15, 0.2) is 5.82 Å². The maximum Gasteiger partial charge on any atom is 0.340 e. The zero-order chi connectivity index (χ0) is 9.30. The predicted molar refractivity (Wildman–Crippen MR) is 31.1 cm³/mol. The zero-order valence-corrected chi connectivity index (χ0v) is 5.51. The third-order valence-corrected chi connectivity index (χ3v) is 1.15. The Kier molecular flexibility index (Phi) is 1.99. The number of carboxylic acids is 1. The summed E-state index contributed by atoms with van der Waals surface area (Å²) in [6.45, 7) is 0. The predicted octanol–water partition coefficient (Wildman–Crippen LogP) is 1.20. The van der Waals surface area contributed by atoms with Gasteiger partial charge in [0.1, 0.15) is 5.56 Å². The van der Waals surface area contributed by atoms with E-state index in [0.29, 0.717) is 6.20 Å². The van der Waals surface area contributed by atoms with E-state index in [2.05, 4.69) is 4.98 Å². The number of hydrogen-bond donors (Lipinski definition) is 1. The van der Waals surface area contributed by atoms with Crippen LogP contribution in [0.2, 0.25) is 0 Å². The first kappa shape index (κ1) is 8.51. The maximum atomic E-state index is 12.5. The second kappa shape index (κ2) is 2.80. The van der Waals surface area contributed by atoms with Crippen LogP contribution in [0.15, 0.2) is 6.20 Å². The van der Waals surface area contributed by atoms with E-state index in [1.807, 2.05) is 0 Å². The van der Waals surface area contributed by atoms with Crippen molar-refractivity contribution in [3.05, 3.63) is 29.3 Å². The molecule has 0 saturated heterocycles. The number of carbonyl (C=O) groups is 1. The van der Waals surface area contributed by atoms with Gasteiger partial charge in [0.2, 0.25) is 5.82 Å². The van der Waals surface area contributed by atoms with Crippen LogP contribution in [0.3, 0.4) is 0 Å². The van der Waals surface area contributed by atoms with Crippen molar-refractivity contribution in [2.45, 2.75) is 0 Å². The molecule has 0 unspecified atom stereocenters. The van der Waals surface area contributed by atoms with E-state index in [-0.39, 0.29) is 0 Å². The number of carboxylic acid groups (broad SMARTS) is 1. The minimum atomic E-state index is -1.88. The molecule has 12 heavy (non-hydrogen) atoms. The molecule has 1 N–H and O–H groups in total. The summed E-state index contributed by atoms with van der Waals surface area (Å²) in [5.74, 6) is -6.97. The average molecular weight is 177 g/mol. The lowest BCUT2D eigenvalue weighted by Crippen LogP contribution is -2.06. The molecule has 0 aliphatic rings. The third-order valence-electron chi connectivity index (χ3n) is 1.15. The highest BCUT2D eigenvalue weighted by atomic mass is 19.2. The second-order valence-corrected chi connectivity index (χ2v) is 1.90. The van der Waals surface area contributed by atoms with E-state index >= 15 is 0 Å². The van der Waals surface area contributed by atoms with Crippen molar-refractivity contribution in [2.75, 3.05) is 0 Å². The van der Waals surface area contributed by atoms with Crippen LogP contribution in [-0.4, -0.2) is 16.1 Å². The number of aromatic carboxylic acids is 1. The Bertz CT molecular complexity index is 340. The Balaban J connectivity index is 3.36. The Morgan fingerprint density at radius 1 is 1.33 bits per heavy atom. The van der Waals surface area contributed by atoms with Crippen LogP contribution in [0.4, 0.5) is 13.2 Å². The zero-order valence-electron chi connectivity index (χ0n) is 5.51. The summed E-state index contributed by atoms with van der Waals surface area (Å²) in [5.41, 5.74) is -0.992. The van der Waals surface area contributed by atoms with E-state index in [1.165, 1.54) is 0 Å². The topological polar surface area (TPSA) is 50.2 Å². The fourth-order valence-electron chi connectivity index (χ4n) is 0.592. The van der Waals surface area contributed by atoms with E-state index in [0.717, 1.165) is 0 Å². The molecule has 6 heteroatoms. The van der Waals surface area contributed by atoms with Crippen molar-refractivity contribution in [1.82, 2.24) is 4.98 Å². The van der Waals surface area contributed by atoms with Gasteiger partial charge in [-0.05, 0) is 0 Å². The van der Waals surface area contributed by atoms with Gasteiger partial charge in [-0.25, -0.2) is 14.2 Å². The van der Waals surface area contributed by atoms with Crippen molar-refractivity contribution < 1.29 is 23.1 Å². The molecule has 0 radical (unpaired) electrons. The minimum Gasteiger partial charge on any atom is -0.478 e. The Hall–Kier alpha value is -1.59. The van der Waals surface area contributed by atoms with Crippen molar-refractivity contribution in [3.8, 4) is 0 Å². The molecule has 1 aromatic rings. The van der Waals surface area contributed by atoms with E-state index in [4.69, 9.17) is 5.11 Å². The molecule has 0 bridgehead atoms. The number of nitrogens with zero attached hydrogens (tertiary/aromatic N) is 1. The van der Waals surface area contributed by atoms with Gasteiger partial charge in [0, 0.05) is 6.20 Å². The van der Waals surface area contributed by atoms with Crippen LogP contribution in [0.25, 0.3) is 0 Å². The first-order chi connectivity index (χ1) is 5.54. The summed E-state index contributed by atoms with van der Waals surface area (Å²) in [7, 11) is 0. The second-order valence-electron chi connectivity index (χ2n) is 1.90. The molecule has 1 heterocycles.